The number of aliphatic hydroxyl groups is 1. The molecule has 0 aromatic heterocycles. The van der Waals surface area contributed by atoms with Gasteiger partial charge in [-0.3, -0.25) is 4.79 Å². The summed E-state index contributed by atoms with van der Waals surface area (Å²) in [6.07, 6.45) is 0. The van der Waals surface area contributed by atoms with E-state index in [9.17, 15) is 4.79 Å². The van der Waals surface area contributed by atoms with Crippen molar-refractivity contribution in [1.29, 1.82) is 0 Å². The molecule has 0 spiro atoms. The molecule has 4 heteroatoms. The van der Waals surface area contributed by atoms with E-state index >= 15 is 0 Å². The van der Waals surface area contributed by atoms with E-state index in [0.717, 1.165) is 5.75 Å². The lowest BCUT2D eigenvalue weighted by Gasteiger charge is -2.17. The summed E-state index contributed by atoms with van der Waals surface area (Å²) < 4.78 is 0. The van der Waals surface area contributed by atoms with Crippen LogP contribution in [-0.2, 0) is 4.79 Å². The van der Waals surface area contributed by atoms with Gasteiger partial charge in [0.15, 0.2) is 0 Å². The summed E-state index contributed by atoms with van der Waals surface area (Å²) >= 11 is 1.59. The highest BCUT2D eigenvalue weighted by atomic mass is 32.2. The van der Waals surface area contributed by atoms with E-state index in [1.807, 2.05) is 13.8 Å². The molecule has 2 atom stereocenters. The summed E-state index contributed by atoms with van der Waals surface area (Å²) in [7, 11) is 3.52. The Balaban J connectivity index is 3.74. The first-order valence-electron chi connectivity index (χ1n) is 4.42. The first-order chi connectivity index (χ1) is 5.99. The van der Waals surface area contributed by atoms with E-state index in [1.165, 1.54) is 0 Å². The topological polar surface area (TPSA) is 40.5 Å². The van der Waals surface area contributed by atoms with Crippen LogP contribution in [0.15, 0.2) is 0 Å². The van der Waals surface area contributed by atoms with E-state index in [4.69, 9.17) is 5.11 Å². The minimum absolute atomic E-state index is 0.0102. The lowest BCUT2D eigenvalue weighted by atomic mass is 10.2. The van der Waals surface area contributed by atoms with Crippen LogP contribution in [0, 0.1) is 5.92 Å². The van der Waals surface area contributed by atoms with Gasteiger partial charge in [0.2, 0.25) is 5.91 Å². The minimum Gasteiger partial charge on any atom is -0.396 e. The monoisotopic (exact) mass is 205 g/mol. The number of hydrogen-bond donors (Lipinski definition) is 1. The SMILES string of the molecule is CC(CO)CSC(C)C(=O)N(C)C. The maximum atomic E-state index is 11.4. The molecule has 2 unspecified atom stereocenters. The zero-order valence-electron chi connectivity index (χ0n) is 8.78. The standard InChI is InChI=1S/C9H19NO2S/c1-7(5-11)6-13-8(2)9(12)10(3)4/h7-8,11H,5-6H2,1-4H3. The van der Waals surface area contributed by atoms with E-state index in [-0.39, 0.29) is 23.7 Å². The van der Waals surface area contributed by atoms with Gasteiger partial charge in [0.05, 0.1) is 5.25 Å². The second kappa shape index (κ2) is 6.27. The van der Waals surface area contributed by atoms with Gasteiger partial charge >= 0.3 is 0 Å². The second-order valence-electron chi connectivity index (χ2n) is 3.50. The zero-order valence-corrected chi connectivity index (χ0v) is 9.60. The number of nitrogens with zero attached hydrogens (tertiary/aromatic N) is 1. The Hall–Kier alpha value is -0.220. The van der Waals surface area contributed by atoms with Gasteiger partial charge in [-0.2, -0.15) is 0 Å². The first-order valence-corrected chi connectivity index (χ1v) is 5.47. The molecule has 1 amide bonds. The van der Waals surface area contributed by atoms with Crippen molar-refractivity contribution in [3.05, 3.63) is 0 Å². The molecule has 0 aliphatic rings. The van der Waals surface area contributed by atoms with Crippen molar-refractivity contribution in [2.24, 2.45) is 5.92 Å². The highest BCUT2D eigenvalue weighted by molar-refractivity contribution is 8.00. The maximum Gasteiger partial charge on any atom is 0.234 e. The average Bonchev–Trinajstić information content (AvgIpc) is 2.11. The van der Waals surface area contributed by atoms with Crippen LogP contribution in [0.1, 0.15) is 13.8 Å². The summed E-state index contributed by atoms with van der Waals surface area (Å²) in [5.74, 6) is 1.23. The van der Waals surface area contributed by atoms with Crippen LogP contribution in [-0.4, -0.2) is 47.6 Å². The predicted octanol–water partition coefficient (Wildman–Crippen LogP) is 0.825. The van der Waals surface area contributed by atoms with Crippen LogP contribution >= 0.6 is 11.8 Å². The smallest absolute Gasteiger partial charge is 0.234 e. The second-order valence-corrected chi connectivity index (χ2v) is 4.87. The molecule has 0 aliphatic carbocycles. The average molecular weight is 205 g/mol. The van der Waals surface area contributed by atoms with E-state index < -0.39 is 0 Å². The zero-order chi connectivity index (χ0) is 10.4. The van der Waals surface area contributed by atoms with Crippen molar-refractivity contribution in [2.75, 3.05) is 26.5 Å². The Bertz CT molecular complexity index is 162. The Labute approximate surface area is 84.5 Å². The molecule has 0 heterocycles. The van der Waals surface area contributed by atoms with Gasteiger partial charge in [-0.1, -0.05) is 6.92 Å². The van der Waals surface area contributed by atoms with Crippen LogP contribution in [0.2, 0.25) is 0 Å². The molecule has 0 radical (unpaired) electrons. The van der Waals surface area contributed by atoms with Crippen LogP contribution < -0.4 is 0 Å². The quantitative estimate of drug-likeness (QED) is 0.722. The third-order valence-electron chi connectivity index (χ3n) is 1.73. The third kappa shape index (κ3) is 5.16. The fourth-order valence-corrected chi connectivity index (χ4v) is 1.87. The Morgan fingerprint density at radius 3 is 2.38 bits per heavy atom. The highest BCUT2D eigenvalue weighted by Crippen LogP contribution is 2.15. The number of rotatable bonds is 5. The molecule has 0 aliphatic heterocycles. The van der Waals surface area contributed by atoms with E-state index in [1.54, 1.807) is 30.8 Å². The number of amides is 1. The molecule has 0 saturated carbocycles. The van der Waals surface area contributed by atoms with Crippen molar-refractivity contribution in [3.63, 3.8) is 0 Å². The largest absolute Gasteiger partial charge is 0.396 e. The molecule has 13 heavy (non-hydrogen) atoms. The Morgan fingerprint density at radius 2 is 2.00 bits per heavy atom. The number of aliphatic hydroxyl groups excluding tert-OH is 1. The van der Waals surface area contributed by atoms with Crippen LogP contribution in [0.3, 0.4) is 0 Å². The summed E-state index contributed by atoms with van der Waals surface area (Å²) in [6, 6.07) is 0. The van der Waals surface area contributed by atoms with Gasteiger partial charge in [0.1, 0.15) is 0 Å². The molecule has 3 nitrogen and oxygen atoms in total. The van der Waals surface area contributed by atoms with Crippen LogP contribution in [0.5, 0.6) is 0 Å². The number of hydrogen-bond acceptors (Lipinski definition) is 3. The van der Waals surface area contributed by atoms with Crippen molar-refractivity contribution in [3.8, 4) is 0 Å². The highest BCUT2D eigenvalue weighted by Gasteiger charge is 2.15. The van der Waals surface area contributed by atoms with Crippen molar-refractivity contribution in [2.45, 2.75) is 19.1 Å². The molecule has 0 fully saturated rings. The van der Waals surface area contributed by atoms with E-state index in [0.29, 0.717) is 0 Å². The molecule has 0 aromatic carbocycles. The summed E-state index contributed by atoms with van der Waals surface area (Å²) in [5.41, 5.74) is 0. The van der Waals surface area contributed by atoms with Crippen LogP contribution in [0.25, 0.3) is 0 Å². The molecule has 0 bridgehead atoms. The predicted molar refractivity (Wildman–Crippen MR) is 56.9 cm³/mol. The summed E-state index contributed by atoms with van der Waals surface area (Å²) in [4.78, 5) is 13.0. The molecular formula is C9H19NO2S. The molecule has 1 N–H and O–H groups in total. The molecule has 0 rings (SSSR count). The van der Waals surface area contributed by atoms with Gasteiger partial charge < -0.3 is 10.0 Å². The van der Waals surface area contributed by atoms with Crippen LogP contribution in [0.4, 0.5) is 0 Å². The van der Waals surface area contributed by atoms with Gasteiger partial charge in [-0.05, 0) is 18.6 Å². The van der Waals surface area contributed by atoms with Gasteiger partial charge in [0.25, 0.3) is 0 Å². The molecular weight excluding hydrogens is 186 g/mol. The summed E-state index contributed by atoms with van der Waals surface area (Å²) in [5, 5.41) is 8.78. The maximum absolute atomic E-state index is 11.4. The van der Waals surface area contributed by atoms with Crippen molar-refractivity contribution < 1.29 is 9.90 Å². The van der Waals surface area contributed by atoms with Gasteiger partial charge in [-0.15, -0.1) is 11.8 Å². The molecule has 0 saturated heterocycles. The van der Waals surface area contributed by atoms with E-state index in [2.05, 4.69) is 0 Å². The number of carbonyl (C=O) groups is 1. The Morgan fingerprint density at radius 1 is 1.46 bits per heavy atom. The molecule has 78 valence electrons. The minimum atomic E-state index is -0.0102. The van der Waals surface area contributed by atoms with Gasteiger partial charge in [-0.25, -0.2) is 0 Å². The normalized spacial score (nSPS) is 15.2. The number of carbonyl (C=O) groups excluding carboxylic acids is 1. The number of thioether (sulfide) groups is 1. The van der Waals surface area contributed by atoms with Crippen molar-refractivity contribution in [1.82, 2.24) is 4.90 Å². The summed E-state index contributed by atoms with van der Waals surface area (Å²) in [6.45, 7) is 4.06. The van der Waals surface area contributed by atoms with Crippen molar-refractivity contribution >= 4 is 17.7 Å². The first kappa shape index (κ1) is 12.8. The molecule has 0 aromatic rings. The lowest BCUT2D eigenvalue weighted by Crippen LogP contribution is -2.30. The Kier molecular flexibility index (Phi) is 6.16. The lowest BCUT2D eigenvalue weighted by molar-refractivity contribution is -0.127. The fourth-order valence-electron chi connectivity index (χ4n) is 0.796. The third-order valence-corrected chi connectivity index (χ3v) is 3.19. The van der Waals surface area contributed by atoms with Gasteiger partial charge in [0, 0.05) is 20.7 Å². The fraction of sp³-hybridized carbons (Fsp3) is 0.889.